The van der Waals surface area contributed by atoms with Gasteiger partial charge in [-0.15, -0.1) is 0 Å². The second-order valence-electron chi connectivity index (χ2n) is 19.0. The molecule has 4 aromatic carbocycles. The number of carbonyl (C=O) groups is 8. The van der Waals surface area contributed by atoms with E-state index < -0.39 is 77.2 Å². The number of nitrogens with one attached hydrogen (secondary N) is 8. The van der Waals surface area contributed by atoms with Crippen LogP contribution in [-0.2, 0) is 0 Å². The second-order valence-corrected chi connectivity index (χ2v) is 19.0. The average molecular weight is 1080 g/mol. The lowest BCUT2D eigenvalue weighted by Crippen LogP contribution is -2.49. The molecule has 78 heavy (non-hydrogen) atoms. The molecule has 23 nitrogen and oxygen atoms in total. The number of phenols is 3. The van der Waals surface area contributed by atoms with E-state index in [1.807, 2.05) is 14.7 Å². The molecule has 5 atom stereocenters. The number of hydrogen-bond acceptors (Lipinski definition) is 15. The third-order valence-electron chi connectivity index (χ3n) is 13.9. The first kappa shape index (κ1) is 57.5. The number of benzene rings is 4. The van der Waals surface area contributed by atoms with E-state index in [4.69, 9.17) is 0 Å². The monoisotopic (exact) mass is 1080 g/mol. The molecule has 11 N–H and O–H groups in total. The fourth-order valence-electron chi connectivity index (χ4n) is 9.39. The third kappa shape index (κ3) is 15.1. The highest BCUT2D eigenvalue weighted by atomic mass is 19.1. The molecule has 8 rings (SSSR count). The molecule has 4 heterocycles. The highest BCUT2D eigenvalue weighted by molar-refractivity contribution is 6.06. The maximum absolute atomic E-state index is 15.1. The van der Waals surface area contributed by atoms with Crippen LogP contribution in [0.25, 0.3) is 0 Å². The summed E-state index contributed by atoms with van der Waals surface area (Å²) in [5.41, 5.74) is -0.118. The fourth-order valence-corrected chi connectivity index (χ4v) is 9.39. The van der Waals surface area contributed by atoms with E-state index in [1.165, 1.54) is 54.6 Å². The minimum absolute atomic E-state index is 0.000902. The van der Waals surface area contributed by atoms with Gasteiger partial charge in [0, 0.05) is 135 Å². The number of fused-ring (bicyclic) bond motifs is 16. The number of para-hydroxylation sites is 3. The maximum Gasteiger partial charge on any atom is 0.255 e. The quantitative estimate of drug-likeness (QED) is 0.116. The normalized spacial score (nSPS) is 22.6. The second kappa shape index (κ2) is 27.7. The van der Waals surface area contributed by atoms with Crippen molar-refractivity contribution < 1.29 is 58.1 Å². The molecule has 8 amide bonds. The lowest BCUT2D eigenvalue weighted by Gasteiger charge is -2.30. The fraction of sp³-hybridized carbons (Fsp3) is 0.407. The predicted molar refractivity (Wildman–Crippen MR) is 285 cm³/mol. The van der Waals surface area contributed by atoms with Gasteiger partial charge in [0.25, 0.3) is 47.3 Å². The molecule has 12 bridgehead atoms. The number of alkyl halides is 1. The van der Waals surface area contributed by atoms with Gasteiger partial charge >= 0.3 is 0 Å². The van der Waals surface area contributed by atoms with Crippen LogP contribution in [0.5, 0.6) is 17.2 Å². The molecule has 416 valence electrons. The summed E-state index contributed by atoms with van der Waals surface area (Å²) in [4.78, 5) is 117. The van der Waals surface area contributed by atoms with Crippen LogP contribution in [0.2, 0.25) is 0 Å². The molecule has 0 spiro atoms. The third-order valence-corrected chi connectivity index (χ3v) is 13.9. The number of carbonyl (C=O) groups excluding carboxylic acids is 8. The van der Waals surface area contributed by atoms with Crippen LogP contribution in [0.3, 0.4) is 0 Å². The largest absolute Gasteiger partial charge is 0.506 e. The summed E-state index contributed by atoms with van der Waals surface area (Å²) in [5, 5.41) is 56.4. The van der Waals surface area contributed by atoms with Gasteiger partial charge in [-0.05, 0) is 61.0 Å². The Morgan fingerprint density at radius 1 is 0.372 bits per heavy atom. The summed E-state index contributed by atoms with van der Waals surface area (Å²) < 4.78 is 15.1. The first-order valence-corrected chi connectivity index (χ1v) is 25.9. The zero-order valence-electron chi connectivity index (χ0n) is 43.4. The van der Waals surface area contributed by atoms with Gasteiger partial charge in [0.15, 0.2) is 0 Å². The topological polar surface area (TPSA) is 306 Å². The number of amides is 8. The standard InChI is InChI=1S/C54H67FN12O11/c1-34-36-6-2-7-37(34)48(72)57-15-22-66-26-19-60-51(75)39-9-3-8-38(44(39)68)49(73)58-16-23-64(21-14-56-47(36)71)28-29-65-24-17-59-50(74)40-10-4-11-41(45(40)69)52(76)62-20-27-67(31-30-66)33-35(32-55)63-54(78)43-13-5-12-42(46(43)70)53(77)61-18-25-65/h2-13,35,68-70H,14-33H2,1H3,(H,56,71)(H,57,72)(H,58,73)(H,59,74)(H,60,75)(H,61,77)(H,62,76)(H,63,78). The Morgan fingerprint density at radius 3 is 0.885 bits per heavy atom. The lowest BCUT2D eigenvalue weighted by atomic mass is 10.0. The van der Waals surface area contributed by atoms with Crippen molar-refractivity contribution in [2.75, 3.05) is 131 Å². The molecule has 5 unspecified atom stereocenters. The van der Waals surface area contributed by atoms with Gasteiger partial charge in [-0.1, -0.05) is 24.3 Å². The zero-order chi connectivity index (χ0) is 55.7. The van der Waals surface area contributed by atoms with Gasteiger partial charge in [0.2, 0.25) is 0 Å². The Balaban J connectivity index is 1.30. The molecule has 4 aliphatic rings. The van der Waals surface area contributed by atoms with E-state index in [0.717, 1.165) is 0 Å². The van der Waals surface area contributed by atoms with Crippen molar-refractivity contribution in [1.82, 2.24) is 62.1 Å². The van der Waals surface area contributed by atoms with Crippen LogP contribution in [0.15, 0.2) is 72.8 Å². The van der Waals surface area contributed by atoms with Crippen LogP contribution in [0.4, 0.5) is 4.39 Å². The Hall–Kier alpha value is -8.19. The Labute approximate surface area is 450 Å². The molecule has 4 aliphatic heterocycles. The van der Waals surface area contributed by atoms with Crippen molar-refractivity contribution >= 4 is 47.3 Å². The van der Waals surface area contributed by atoms with Crippen molar-refractivity contribution in [3.8, 4) is 17.2 Å². The Morgan fingerprint density at radius 2 is 0.603 bits per heavy atom. The SMILES string of the molecule is Cc1c2cccc1C(=O)NCCN1CCNC(=O)c3cccc(c3O)C(=O)NCCN(CCNC2=O)CCN2CCNC(=O)c3cccc(c3O)C(=O)NCCN(CC1)CC(CF)NC(=O)c1cccc(c1O)C(=O)NCC2. The summed E-state index contributed by atoms with van der Waals surface area (Å²) >= 11 is 0. The van der Waals surface area contributed by atoms with E-state index in [0.29, 0.717) is 5.56 Å². The first-order valence-electron chi connectivity index (χ1n) is 25.9. The van der Waals surface area contributed by atoms with Crippen molar-refractivity contribution in [1.29, 1.82) is 0 Å². The molecule has 24 heteroatoms. The molecule has 0 aromatic heterocycles. The maximum atomic E-state index is 15.1. The van der Waals surface area contributed by atoms with Crippen LogP contribution < -0.4 is 42.5 Å². The van der Waals surface area contributed by atoms with Gasteiger partial charge in [-0.3, -0.25) is 58.0 Å². The van der Waals surface area contributed by atoms with Crippen molar-refractivity contribution in [2.45, 2.75) is 13.0 Å². The van der Waals surface area contributed by atoms with E-state index in [-0.39, 0.29) is 169 Å². The van der Waals surface area contributed by atoms with Gasteiger partial charge in [-0.2, -0.15) is 0 Å². The molecule has 0 saturated heterocycles. The molecule has 4 aromatic rings. The number of halogens is 1. The lowest BCUT2D eigenvalue weighted by molar-refractivity contribution is 0.0892. The minimum atomic E-state index is -1.20. The van der Waals surface area contributed by atoms with Gasteiger partial charge < -0.3 is 57.9 Å². The van der Waals surface area contributed by atoms with Crippen molar-refractivity contribution in [3.05, 3.63) is 123 Å². The van der Waals surface area contributed by atoms with E-state index in [1.54, 1.807) is 30.0 Å². The van der Waals surface area contributed by atoms with E-state index >= 15 is 4.39 Å². The number of nitrogens with zero attached hydrogens (tertiary/aromatic N) is 4. The van der Waals surface area contributed by atoms with Gasteiger partial charge in [0.1, 0.15) is 23.9 Å². The first-order chi connectivity index (χ1) is 37.6. The predicted octanol–water partition coefficient (Wildman–Crippen LogP) is -0.362. The molecular weight excluding hydrogens is 1010 g/mol. The van der Waals surface area contributed by atoms with Crippen LogP contribution in [-0.4, -0.2) is 219 Å². The zero-order valence-corrected chi connectivity index (χ0v) is 43.4. The summed E-state index contributed by atoms with van der Waals surface area (Å²) in [7, 11) is 0. The van der Waals surface area contributed by atoms with Gasteiger partial charge in [-0.25, -0.2) is 4.39 Å². The van der Waals surface area contributed by atoms with E-state index in [9.17, 15) is 53.7 Å². The Bertz CT molecular complexity index is 2780. The minimum Gasteiger partial charge on any atom is -0.506 e. The summed E-state index contributed by atoms with van der Waals surface area (Å²) in [6.07, 6.45) is 0. The molecule has 0 fully saturated rings. The van der Waals surface area contributed by atoms with Crippen LogP contribution in [0, 0.1) is 6.92 Å². The summed E-state index contributed by atoms with van der Waals surface area (Å²) in [6, 6.07) is 16.1. The summed E-state index contributed by atoms with van der Waals surface area (Å²) in [6.45, 7) is 2.74. The molecule has 0 radical (unpaired) electrons. The van der Waals surface area contributed by atoms with Crippen LogP contribution >= 0.6 is 0 Å². The van der Waals surface area contributed by atoms with E-state index in [2.05, 4.69) is 42.5 Å². The highest BCUT2D eigenvalue weighted by Crippen LogP contribution is 2.25. The van der Waals surface area contributed by atoms with Crippen molar-refractivity contribution in [3.63, 3.8) is 0 Å². The smallest absolute Gasteiger partial charge is 0.255 e. The number of aromatic hydroxyl groups is 3. The molecule has 0 saturated carbocycles. The highest BCUT2D eigenvalue weighted by Gasteiger charge is 2.26. The average Bonchev–Trinajstić information content (AvgIpc) is 3.43. The number of phenolic OH excluding ortho intramolecular Hbond substituents is 3. The summed E-state index contributed by atoms with van der Waals surface area (Å²) in [5.74, 6) is -6.82. The molecular formula is C54H67FN12O11. The van der Waals surface area contributed by atoms with Gasteiger partial charge in [0.05, 0.1) is 39.4 Å². The Kier molecular flexibility index (Phi) is 20.4. The number of rotatable bonds is 1. The molecule has 0 aliphatic carbocycles. The van der Waals surface area contributed by atoms with Crippen molar-refractivity contribution in [2.24, 2.45) is 0 Å². The number of hydrogen-bond donors (Lipinski definition) is 11. The van der Waals surface area contributed by atoms with Crippen LogP contribution in [0.1, 0.15) is 88.4 Å².